The number of halogens is 6. The van der Waals surface area contributed by atoms with Gasteiger partial charge in [0.1, 0.15) is 35.6 Å². The van der Waals surface area contributed by atoms with Crippen molar-refractivity contribution in [3.63, 3.8) is 0 Å². The van der Waals surface area contributed by atoms with E-state index in [0.29, 0.717) is 23.8 Å². The number of hydrogen-bond acceptors (Lipinski definition) is 9. The fourth-order valence-corrected chi connectivity index (χ4v) is 9.24. The Bertz CT molecular complexity index is 2280. The second-order valence-corrected chi connectivity index (χ2v) is 16.1. The van der Waals surface area contributed by atoms with Crippen LogP contribution in [0.25, 0.3) is 22.2 Å². The first-order valence-corrected chi connectivity index (χ1v) is 18.2. The number of aromatic hydroxyl groups is 1. The van der Waals surface area contributed by atoms with Gasteiger partial charge in [0.25, 0.3) is 11.8 Å². The van der Waals surface area contributed by atoms with Crippen molar-refractivity contribution in [1.29, 1.82) is 0 Å². The van der Waals surface area contributed by atoms with Crippen molar-refractivity contribution in [3.8, 4) is 24.1 Å². The molecule has 3 aliphatic carbocycles. The third-order valence-corrected chi connectivity index (χ3v) is 11.9. The molecule has 2 bridgehead atoms. The number of fused-ring (bicyclic) bond motifs is 6. The molecule has 4 heterocycles. The van der Waals surface area contributed by atoms with Gasteiger partial charge in [-0.1, -0.05) is 12.0 Å². The summed E-state index contributed by atoms with van der Waals surface area (Å²) in [5.74, 6) is -7.86. The lowest BCUT2D eigenvalue weighted by Crippen LogP contribution is -2.57. The zero-order valence-electron chi connectivity index (χ0n) is 30.2. The van der Waals surface area contributed by atoms with Crippen LogP contribution in [0.1, 0.15) is 54.0 Å². The maximum atomic E-state index is 17.6. The van der Waals surface area contributed by atoms with Gasteiger partial charge in [-0.05, 0) is 56.1 Å². The number of amides is 1. The van der Waals surface area contributed by atoms with E-state index in [9.17, 15) is 27.5 Å². The van der Waals surface area contributed by atoms with E-state index in [0.717, 1.165) is 6.07 Å². The Morgan fingerprint density at radius 1 is 1.09 bits per heavy atom. The summed E-state index contributed by atoms with van der Waals surface area (Å²) in [5, 5.41) is 17.7. The molecule has 2 saturated carbocycles. The largest absolute Gasteiger partial charge is 0.508 e. The number of carbonyl (C=O) groups excluding carboxylic acids is 1. The number of anilines is 1. The number of likely N-dealkylation sites (N-methyl/N-ethyl adjacent to an activating group) is 1. The predicted molar refractivity (Wildman–Crippen MR) is 191 cm³/mol. The first kappa shape index (κ1) is 35.6. The monoisotopic (exact) mass is 765 g/mol. The number of phenolic OH excluding ortho intramolecular Hbond substituents is 1. The fraction of sp³-hybridized carbons (Fsp3) is 0.487. The summed E-state index contributed by atoms with van der Waals surface area (Å²) in [4.78, 5) is 27.6. The van der Waals surface area contributed by atoms with Crippen LogP contribution in [0.5, 0.6) is 11.8 Å². The van der Waals surface area contributed by atoms with Crippen molar-refractivity contribution in [3.05, 3.63) is 52.5 Å². The van der Waals surface area contributed by atoms with Gasteiger partial charge in [-0.3, -0.25) is 9.80 Å². The second-order valence-electron chi connectivity index (χ2n) is 16.1. The topological polar surface area (TPSA) is 97.6 Å². The molecule has 10 nitrogen and oxygen atoms in total. The third kappa shape index (κ3) is 5.51. The molecular weight excluding hydrogens is 728 g/mol. The van der Waals surface area contributed by atoms with Crippen molar-refractivity contribution < 1.29 is 41.0 Å². The summed E-state index contributed by atoms with van der Waals surface area (Å²) in [6.45, 7) is 0.187. The lowest BCUT2D eigenvalue weighted by atomic mass is 9.79. The lowest BCUT2D eigenvalue weighted by molar-refractivity contribution is -0.138. The van der Waals surface area contributed by atoms with Crippen LogP contribution in [0, 0.1) is 29.5 Å². The van der Waals surface area contributed by atoms with E-state index in [1.54, 1.807) is 36.0 Å². The quantitative estimate of drug-likeness (QED) is 0.238. The molecule has 2 aromatic carbocycles. The van der Waals surface area contributed by atoms with E-state index < -0.39 is 78.2 Å². The van der Waals surface area contributed by atoms with Gasteiger partial charge in [-0.15, -0.1) is 6.42 Å². The van der Waals surface area contributed by atoms with Crippen LogP contribution in [0.4, 0.5) is 32.2 Å². The zero-order chi connectivity index (χ0) is 38.9. The van der Waals surface area contributed by atoms with Gasteiger partial charge in [0.15, 0.2) is 5.83 Å². The van der Waals surface area contributed by atoms with E-state index in [2.05, 4.69) is 16.0 Å². The Morgan fingerprint density at radius 2 is 1.78 bits per heavy atom. The third-order valence-electron chi connectivity index (χ3n) is 11.9. The molecule has 0 radical (unpaired) electrons. The number of hydrogen-bond donors (Lipinski definition) is 1. The summed E-state index contributed by atoms with van der Waals surface area (Å²) in [7, 11) is 5.05. The Morgan fingerprint density at radius 3 is 2.40 bits per heavy atom. The van der Waals surface area contributed by atoms with E-state index in [1.807, 2.05) is 4.90 Å². The number of benzene rings is 2. The molecule has 3 aromatic rings. The number of alkyl halides is 4. The maximum absolute atomic E-state index is 17.6. The van der Waals surface area contributed by atoms with Crippen LogP contribution in [0.3, 0.4) is 0 Å². The van der Waals surface area contributed by atoms with E-state index in [-0.39, 0.29) is 77.2 Å². The number of nitrogens with zero attached hydrogens (tertiary/aromatic N) is 7. The highest BCUT2D eigenvalue weighted by atomic mass is 19.3. The molecule has 16 heteroatoms. The molecule has 4 unspecified atom stereocenters. The summed E-state index contributed by atoms with van der Waals surface area (Å²) in [6, 6.07) is 4.09. The number of terminal acetylenes is 1. The minimum absolute atomic E-state index is 0.0163. The Balaban J connectivity index is 1.20. The van der Waals surface area contributed by atoms with E-state index >= 15 is 8.78 Å². The summed E-state index contributed by atoms with van der Waals surface area (Å²) in [5.41, 5.74) is -1.26. The SMILES string of the molecule is C#Cc1c(F)ccc2cc(O)cc(C3=C(F)c4nc(OC[C@]5(CN(C)C)CC5(F)F)nc(N5CC6CCC(C5)N6C(=O)C5CC5(F)F)c4C4CN(C)N=C34)c12. The molecule has 2 saturated heterocycles. The number of aromatic nitrogens is 2. The molecule has 0 spiro atoms. The molecular formula is C39H37F6N7O3. The zero-order valence-corrected chi connectivity index (χ0v) is 30.2. The highest BCUT2D eigenvalue weighted by molar-refractivity contribution is 6.36. The average molecular weight is 766 g/mol. The Kier molecular flexibility index (Phi) is 7.76. The molecule has 1 aromatic heterocycles. The maximum Gasteiger partial charge on any atom is 0.319 e. The van der Waals surface area contributed by atoms with Crippen molar-refractivity contribution >= 4 is 39.6 Å². The average Bonchev–Trinajstić information content (AvgIpc) is 3.78. The molecule has 1 amide bonds. The van der Waals surface area contributed by atoms with Crippen molar-refractivity contribution in [2.75, 3.05) is 58.8 Å². The first-order chi connectivity index (χ1) is 26.0. The van der Waals surface area contributed by atoms with Crippen molar-refractivity contribution in [2.45, 2.75) is 55.5 Å². The lowest BCUT2D eigenvalue weighted by Gasteiger charge is -2.43. The van der Waals surface area contributed by atoms with E-state index in [1.165, 1.54) is 18.2 Å². The van der Waals surface area contributed by atoms with Crippen LogP contribution in [-0.2, 0) is 4.79 Å². The normalized spacial score (nSPS) is 28.3. The number of ether oxygens (including phenoxy) is 1. The minimum Gasteiger partial charge on any atom is -0.508 e. The van der Waals surface area contributed by atoms with Crippen LogP contribution < -0.4 is 9.64 Å². The number of allylic oxidation sites excluding steroid dienone is 1. The Hall–Kier alpha value is -5.04. The molecule has 55 heavy (non-hydrogen) atoms. The van der Waals surface area contributed by atoms with Gasteiger partial charge in [0, 0.05) is 74.7 Å². The molecule has 3 aliphatic heterocycles. The van der Waals surface area contributed by atoms with Gasteiger partial charge in [-0.25, -0.2) is 26.3 Å². The number of carbonyl (C=O) groups is 1. The van der Waals surface area contributed by atoms with E-state index in [4.69, 9.17) is 16.1 Å². The molecule has 288 valence electrons. The highest BCUT2D eigenvalue weighted by Gasteiger charge is 2.71. The van der Waals surface area contributed by atoms with Gasteiger partial charge in [0.2, 0.25) is 5.91 Å². The summed E-state index contributed by atoms with van der Waals surface area (Å²) >= 11 is 0. The standard InChI is InChI=1S/C39H37F6N7O3/c1-5-23-27(40)9-6-19-10-22(53)11-24(28(19)23)29-31(41)33-30(25-15-50(4)48-32(25)29)34(47-36(46-33)55-18-37(17-49(2)3)16-39(37,44)45)51-13-20-7-8-21(14-51)52(20)35(54)26-12-38(26,42)43/h1,6,9-11,20-21,25-26,53H,7-8,12-18H2,2-4H3/t20?,21?,25?,26?,37-/m1/s1. The van der Waals surface area contributed by atoms with Crippen LogP contribution >= 0.6 is 0 Å². The number of hydrazone groups is 1. The number of piperazine rings is 1. The summed E-state index contributed by atoms with van der Waals surface area (Å²) < 4.78 is 96.4. The molecule has 5 atom stereocenters. The molecule has 9 rings (SSSR count). The molecule has 4 fully saturated rings. The second kappa shape index (κ2) is 12.0. The number of rotatable bonds is 8. The van der Waals surface area contributed by atoms with Crippen LogP contribution in [0.2, 0.25) is 0 Å². The van der Waals surface area contributed by atoms with Gasteiger partial charge < -0.3 is 24.5 Å². The molecule has 1 N–H and O–H groups in total. The smallest absolute Gasteiger partial charge is 0.319 e. The van der Waals surface area contributed by atoms with Crippen LogP contribution in [0.15, 0.2) is 29.4 Å². The first-order valence-electron chi connectivity index (χ1n) is 18.2. The van der Waals surface area contributed by atoms with Gasteiger partial charge in [0.05, 0.1) is 22.6 Å². The van der Waals surface area contributed by atoms with Crippen molar-refractivity contribution in [1.82, 2.24) is 24.8 Å². The highest BCUT2D eigenvalue weighted by Crippen LogP contribution is 2.61. The Labute approximate surface area is 312 Å². The molecule has 6 aliphatic rings. The predicted octanol–water partition coefficient (Wildman–Crippen LogP) is 5.49. The van der Waals surface area contributed by atoms with Crippen molar-refractivity contribution in [2.24, 2.45) is 16.4 Å². The summed E-state index contributed by atoms with van der Waals surface area (Å²) in [6.07, 6.45) is 6.01. The van der Waals surface area contributed by atoms with Crippen LogP contribution in [-0.4, -0.2) is 119 Å². The number of phenols is 1. The minimum atomic E-state index is -3.02. The van der Waals surface area contributed by atoms with Gasteiger partial charge in [-0.2, -0.15) is 15.1 Å². The fourth-order valence-electron chi connectivity index (χ4n) is 9.24. The van der Waals surface area contributed by atoms with Gasteiger partial charge >= 0.3 is 6.01 Å².